The van der Waals surface area contributed by atoms with E-state index in [-0.39, 0.29) is 5.76 Å². The van der Waals surface area contributed by atoms with Gasteiger partial charge < -0.3 is 9.59 Å². The Morgan fingerprint density at radius 2 is 2.00 bits per heavy atom. The zero-order chi connectivity index (χ0) is 7.49. The molecule has 9 heavy (non-hydrogen) atoms. The van der Waals surface area contributed by atoms with Crippen LogP contribution in [0.15, 0.2) is 5.76 Å². The number of rotatable bonds is 2. The van der Waals surface area contributed by atoms with Gasteiger partial charge in [0.25, 0.3) is 0 Å². The summed E-state index contributed by atoms with van der Waals surface area (Å²) in [5.41, 5.74) is 0. The predicted octanol–water partition coefficient (Wildman–Crippen LogP) is -0.0339. The lowest BCUT2D eigenvalue weighted by molar-refractivity contribution is -0.866. The van der Waals surface area contributed by atoms with Gasteiger partial charge >= 0.3 is 0 Å². The Hall–Kier alpha value is -0.790. The van der Waals surface area contributed by atoms with Crippen molar-refractivity contribution in [2.45, 2.75) is 0 Å². The number of hydrogen-bond donors (Lipinski definition) is 1. The maximum absolute atomic E-state index is 9.76. The average molecular weight is 130 g/mol. The molecule has 0 heterocycles. The predicted molar refractivity (Wildman–Crippen MR) is 34.7 cm³/mol. The van der Waals surface area contributed by atoms with Crippen LogP contribution in [0, 0.1) is 0 Å². The molecule has 1 N–H and O–H groups in total. The first-order valence-electron chi connectivity index (χ1n) is 2.69. The molecule has 0 amide bonds. The molecule has 0 saturated heterocycles. The summed E-state index contributed by atoms with van der Waals surface area (Å²) >= 11 is 0. The molecule has 0 aliphatic heterocycles. The maximum atomic E-state index is 9.76. The van der Waals surface area contributed by atoms with Crippen molar-refractivity contribution in [3.63, 3.8) is 0 Å². The van der Waals surface area contributed by atoms with E-state index in [9.17, 15) is 4.79 Å². The summed E-state index contributed by atoms with van der Waals surface area (Å²) in [4.78, 5) is 9.76. The highest BCUT2D eigenvalue weighted by Crippen LogP contribution is 1.92. The van der Waals surface area contributed by atoms with E-state index in [1.54, 1.807) is 0 Å². The molecule has 0 unspecified atom stereocenters. The first-order valence-corrected chi connectivity index (χ1v) is 2.69. The monoisotopic (exact) mass is 130 g/mol. The van der Waals surface area contributed by atoms with Crippen LogP contribution >= 0.6 is 0 Å². The minimum atomic E-state index is -0.220. The first kappa shape index (κ1) is 8.21. The molecule has 0 aliphatic carbocycles. The van der Waals surface area contributed by atoms with Gasteiger partial charge in [0.2, 0.25) is 5.76 Å². The molecule has 0 aromatic heterocycles. The van der Waals surface area contributed by atoms with Gasteiger partial charge in [-0.05, 0) is 0 Å². The van der Waals surface area contributed by atoms with Gasteiger partial charge in [0.05, 0.1) is 21.1 Å². The Kier molecular flexibility index (Phi) is 2.43. The van der Waals surface area contributed by atoms with Gasteiger partial charge in [-0.1, -0.05) is 0 Å². The quantitative estimate of drug-likeness (QED) is 0.323. The Balaban J connectivity index is 3.89. The fraction of sp³-hybridized carbons (Fsp3) is 0.667. The van der Waals surface area contributed by atoms with Gasteiger partial charge in [-0.2, -0.15) is 0 Å². The molecule has 0 aliphatic rings. The summed E-state index contributed by atoms with van der Waals surface area (Å²) in [6.07, 6.45) is 0. The normalized spacial score (nSPS) is 10.6. The largest absolute Gasteiger partial charge is 0.498 e. The number of hydrogen-bond acceptors (Lipinski definition) is 2. The summed E-state index contributed by atoms with van der Waals surface area (Å²) in [6.45, 7) is 0.337. The zero-order valence-corrected chi connectivity index (χ0v) is 6.01. The number of likely N-dealkylation sites (N-methyl/N-ethyl adjacent to an activating group) is 1. The lowest BCUT2D eigenvalue weighted by Crippen LogP contribution is -2.36. The van der Waals surface area contributed by atoms with E-state index in [2.05, 4.69) is 0 Å². The molecule has 0 spiro atoms. The van der Waals surface area contributed by atoms with E-state index >= 15 is 0 Å². The third-order valence-corrected chi connectivity index (χ3v) is 0.742. The third-order valence-electron chi connectivity index (χ3n) is 0.742. The molecule has 3 heteroatoms. The number of aliphatic hydroxyl groups is 1. The fourth-order valence-electron chi connectivity index (χ4n) is 0.482. The van der Waals surface area contributed by atoms with Gasteiger partial charge in [-0.25, -0.2) is 4.79 Å². The standard InChI is InChI=1S/C6H11NO2/c1-7(2,3)4-6(9)5-8/h4H2,1-3H3/p+1. The molecular formula is C6H12NO2+. The maximum Gasteiger partial charge on any atom is 0.232 e. The van der Waals surface area contributed by atoms with E-state index in [1.807, 2.05) is 21.1 Å². The Labute approximate surface area is 54.8 Å². The van der Waals surface area contributed by atoms with Gasteiger partial charge in [0, 0.05) is 0 Å². The lowest BCUT2D eigenvalue weighted by Gasteiger charge is -2.21. The highest BCUT2D eigenvalue weighted by molar-refractivity contribution is 5.48. The van der Waals surface area contributed by atoms with E-state index < -0.39 is 0 Å². The van der Waals surface area contributed by atoms with Crippen molar-refractivity contribution in [1.82, 2.24) is 0 Å². The lowest BCUT2D eigenvalue weighted by atomic mass is 10.4. The fourth-order valence-corrected chi connectivity index (χ4v) is 0.482. The van der Waals surface area contributed by atoms with Gasteiger partial charge in [-0.3, -0.25) is 0 Å². The van der Waals surface area contributed by atoms with Crippen molar-refractivity contribution in [1.29, 1.82) is 0 Å². The van der Waals surface area contributed by atoms with Crippen LogP contribution in [0.4, 0.5) is 0 Å². The molecule has 0 bridgehead atoms. The summed E-state index contributed by atoms with van der Waals surface area (Å²) in [6, 6.07) is 0. The second kappa shape index (κ2) is 2.67. The number of quaternary nitrogens is 1. The van der Waals surface area contributed by atoms with Crippen molar-refractivity contribution in [2.75, 3.05) is 27.7 Å². The van der Waals surface area contributed by atoms with Crippen LogP contribution in [0.25, 0.3) is 0 Å². The smallest absolute Gasteiger partial charge is 0.232 e. The molecule has 0 aromatic rings. The summed E-state index contributed by atoms with van der Waals surface area (Å²) < 4.78 is 0.543. The molecule has 3 nitrogen and oxygen atoms in total. The Morgan fingerprint density at radius 3 is 2.11 bits per heavy atom. The van der Waals surface area contributed by atoms with Crippen molar-refractivity contribution in [3.05, 3.63) is 5.76 Å². The molecule has 52 valence electrons. The van der Waals surface area contributed by atoms with Crippen molar-refractivity contribution in [2.24, 2.45) is 0 Å². The van der Waals surface area contributed by atoms with Crippen LogP contribution in [-0.4, -0.2) is 43.2 Å². The average Bonchev–Trinajstić information content (AvgIpc) is 1.62. The van der Waals surface area contributed by atoms with Crippen molar-refractivity contribution in [3.8, 4) is 0 Å². The SMILES string of the molecule is C[N+](C)(C)CC(O)=C=O. The van der Waals surface area contributed by atoms with E-state index in [0.717, 1.165) is 0 Å². The van der Waals surface area contributed by atoms with Crippen LogP contribution < -0.4 is 0 Å². The number of nitrogens with zero attached hydrogens (tertiary/aromatic N) is 1. The summed E-state index contributed by atoms with van der Waals surface area (Å²) in [5, 5.41) is 8.67. The summed E-state index contributed by atoms with van der Waals surface area (Å²) in [7, 11) is 5.65. The molecule has 0 saturated carbocycles. The third kappa shape index (κ3) is 5.07. The summed E-state index contributed by atoms with van der Waals surface area (Å²) in [5.74, 6) is 1.21. The molecular weight excluding hydrogens is 118 g/mol. The Morgan fingerprint density at radius 1 is 1.56 bits per heavy atom. The van der Waals surface area contributed by atoms with Crippen LogP contribution in [0.1, 0.15) is 0 Å². The van der Waals surface area contributed by atoms with Crippen molar-refractivity contribution >= 4 is 5.94 Å². The molecule has 0 atom stereocenters. The molecule has 0 fully saturated rings. The number of aliphatic hydroxyl groups excluding tert-OH is 1. The van der Waals surface area contributed by atoms with Crippen LogP contribution in [0.3, 0.4) is 0 Å². The van der Waals surface area contributed by atoms with Gasteiger partial charge in [-0.15, -0.1) is 0 Å². The van der Waals surface area contributed by atoms with E-state index in [1.165, 1.54) is 5.94 Å². The van der Waals surface area contributed by atoms with Gasteiger partial charge in [0.15, 0.2) is 5.94 Å². The van der Waals surface area contributed by atoms with Crippen LogP contribution in [0.5, 0.6) is 0 Å². The highest BCUT2D eigenvalue weighted by atomic mass is 16.3. The minimum absolute atomic E-state index is 0.220. The first-order chi connectivity index (χ1) is 3.95. The minimum Gasteiger partial charge on any atom is -0.498 e. The topological polar surface area (TPSA) is 37.3 Å². The van der Waals surface area contributed by atoms with Gasteiger partial charge in [0.1, 0.15) is 6.54 Å². The van der Waals surface area contributed by atoms with Crippen LogP contribution in [-0.2, 0) is 4.79 Å². The Bertz CT molecular complexity index is 140. The second-order valence-electron chi connectivity index (χ2n) is 3.00. The van der Waals surface area contributed by atoms with E-state index in [0.29, 0.717) is 11.0 Å². The molecule has 0 aromatic carbocycles. The highest BCUT2D eigenvalue weighted by Gasteiger charge is 2.09. The second-order valence-corrected chi connectivity index (χ2v) is 3.00. The molecule has 0 radical (unpaired) electrons. The van der Waals surface area contributed by atoms with Crippen molar-refractivity contribution < 1.29 is 14.4 Å². The molecule has 0 rings (SSSR count). The van der Waals surface area contributed by atoms with Crippen LogP contribution in [0.2, 0.25) is 0 Å². The van der Waals surface area contributed by atoms with E-state index in [4.69, 9.17) is 5.11 Å². The zero-order valence-electron chi connectivity index (χ0n) is 6.01. The number of carbonyl (C=O) groups excluding carboxylic acids is 1.